The molecule has 1 aromatic carbocycles. The van der Waals surface area contributed by atoms with Gasteiger partial charge in [0.05, 0.1) is 25.5 Å². The minimum absolute atomic E-state index is 0.225. The molecule has 1 fully saturated rings. The molecule has 0 unspecified atom stereocenters. The van der Waals surface area contributed by atoms with E-state index in [-0.39, 0.29) is 6.10 Å². The van der Waals surface area contributed by atoms with Crippen LogP contribution in [0.15, 0.2) is 30.6 Å². The summed E-state index contributed by atoms with van der Waals surface area (Å²) in [6.07, 6.45) is 3.58. The van der Waals surface area contributed by atoms with Crippen molar-refractivity contribution in [3.8, 4) is 5.75 Å². The van der Waals surface area contributed by atoms with Crippen molar-refractivity contribution in [3.05, 3.63) is 41.9 Å². The van der Waals surface area contributed by atoms with Crippen molar-refractivity contribution in [2.75, 3.05) is 25.6 Å². The molecule has 1 N–H and O–H groups in total. The lowest BCUT2D eigenvalue weighted by Gasteiger charge is -2.24. The van der Waals surface area contributed by atoms with E-state index in [2.05, 4.69) is 26.4 Å². The number of hydrogen-bond donors (Lipinski definition) is 1. The van der Waals surface area contributed by atoms with Crippen LogP contribution in [0.5, 0.6) is 5.75 Å². The van der Waals surface area contributed by atoms with Gasteiger partial charge in [-0.3, -0.25) is 0 Å². The van der Waals surface area contributed by atoms with Crippen molar-refractivity contribution in [2.45, 2.75) is 32.5 Å². The second kappa shape index (κ2) is 7.89. The number of ether oxygens (including phenoxy) is 3. The zero-order valence-corrected chi connectivity index (χ0v) is 15.5. The molecule has 2 aromatic heterocycles. The van der Waals surface area contributed by atoms with E-state index in [9.17, 15) is 0 Å². The van der Waals surface area contributed by atoms with Crippen LogP contribution in [-0.2, 0) is 16.1 Å². The van der Waals surface area contributed by atoms with Crippen molar-refractivity contribution < 1.29 is 14.2 Å². The van der Waals surface area contributed by atoms with E-state index in [1.807, 2.05) is 25.1 Å². The summed E-state index contributed by atoms with van der Waals surface area (Å²) in [5.41, 5.74) is 2.81. The fraction of sp³-hybridized carbons (Fsp3) is 0.421. The quantitative estimate of drug-likeness (QED) is 0.715. The van der Waals surface area contributed by atoms with Crippen molar-refractivity contribution >= 4 is 17.3 Å². The highest BCUT2D eigenvalue weighted by Crippen LogP contribution is 2.27. The molecule has 142 valence electrons. The molecule has 0 atom stereocenters. The first-order valence-electron chi connectivity index (χ1n) is 9.03. The number of methoxy groups -OCH3 is 1. The molecule has 0 saturated carbocycles. The minimum Gasteiger partial charge on any atom is -0.490 e. The predicted octanol–water partition coefficient (Wildman–Crippen LogP) is 2.88. The van der Waals surface area contributed by atoms with Gasteiger partial charge in [0.1, 0.15) is 24.0 Å². The Morgan fingerprint density at radius 2 is 2.11 bits per heavy atom. The van der Waals surface area contributed by atoms with Gasteiger partial charge < -0.3 is 19.5 Å². The van der Waals surface area contributed by atoms with Crippen molar-refractivity contribution in [3.63, 3.8) is 0 Å². The van der Waals surface area contributed by atoms with Gasteiger partial charge in [-0.25, -0.2) is 4.98 Å². The Bertz CT molecular complexity index is 921. The highest BCUT2D eigenvalue weighted by molar-refractivity contribution is 5.61. The highest BCUT2D eigenvalue weighted by atomic mass is 16.5. The molecule has 1 aliphatic rings. The lowest BCUT2D eigenvalue weighted by molar-refractivity contribution is 0.0253. The fourth-order valence-electron chi connectivity index (χ4n) is 3.15. The molecule has 0 radical (unpaired) electrons. The Morgan fingerprint density at radius 1 is 1.26 bits per heavy atom. The largest absolute Gasteiger partial charge is 0.490 e. The first kappa shape index (κ1) is 17.7. The number of nitrogens with one attached hydrogen (secondary N) is 1. The second-order valence-electron chi connectivity index (χ2n) is 6.57. The van der Waals surface area contributed by atoms with Crippen molar-refractivity contribution in [2.24, 2.45) is 0 Å². The van der Waals surface area contributed by atoms with E-state index in [1.54, 1.807) is 11.6 Å². The third kappa shape index (κ3) is 4.01. The zero-order valence-electron chi connectivity index (χ0n) is 15.5. The molecule has 1 saturated heterocycles. The minimum atomic E-state index is 0.225. The van der Waals surface area contributed by atoms with E-state index in [0.717, 1.165) is 54.6 Å². The maximum absolute atomic E-state index is 6.14. The molecule has 0 aliphatic carbocycles. The number of rotatable bonds is 6. The number of benzene rings is 1. The van der Waals surface area contributed by atoms with Crippen LogP contribution in [0.1, 0.15) is 24.1 Å². The van der Waals surface area contributed by atoms with E-state index >= 15 is 0 Å². The number of hydrogen-bond acceptors (Lipinski definition) is 7. The lowest BCUT2D eigenvalue weighted by Crippen LogP contribution is -2.26. The molecular formula is C19H23N5O3. The monoisotopic (exact) mass is 369 g/mol. The smallest absolute Gasteiger partial charge is 0.254 e. The first-order valence-corrected chi connectivity index (χ1v) is 9.03. The van der Waals surface area contributed by atoms with Gasteiger partial charge in [-0.1, -0.05) is 0 Å². The maximum atomic E-state index is 6.14. The highest BCUT2D eigenvalue weighted by Gasteiger charge is 2.16. The molecule has 3 aromatic rings. The van der Waals surface area contributed by atoms with Crippen molar-refractivity contribution in [1.82, 2.24) is 19.6 Å². The summed E-state index contributed by atoms with van der Waals surface area (Å²) in [5.74, 6) is 2.22. The van der Waals surface area contributed by atoms with E-state index in [1.165, 1.54) is 6.33 Å². The molecule has 1 aliphatic heterocycles. The van der Waals surface area contributed by atoms with Crippen LogP contribution < -0.4 is 10.1 Å². The molecule has 0 bridgehead atoms. The summed E-state index contributed by atoms with van der Waals surface area (Å²) < 4.78 is 18.4. The van der Waals surface area contributed by atoms with Gasteiger partial charge >= 0.3 is 0 Å². The summed E-state index contributed by atoms with van der Waals surface area (Å²) in [4.78, 5) is 8.59. The summed E-state index contributed by atoms with van der Waals surface area (Å²) in [6.45, 7) is 4.00. The number of fused-ring (bicyclic) bond motifs is 1. The summed E-state index contributed by atoms with van der Waals surface area (Å²) in [5, 5.41) is 7.63. The lowest BCUT2D eigenvalue weighted by atomic mass is 10.1. The average Bonchev–Trinajstić information content (AvgIpc) is 3.14. The molecule has 0 amide bonds. The normalized spacial score (nSPS) is 15.2. The van der Waals surface area contributed by atoms with Gasteiger partial charge in [-0.05, 0) is 30.7 Å². The van der Waals surface area contributed by atoms with E-state index in [4.69, 9.17) is 14.2 Å². The van der Waals surface area contributed by atoms with Crippen LogP contribution in [0.4, 0.5) is 11.5 Å². The number of aryl methyl sites for hydroxylation is 1. The third-order valence-electron chi connectivity index (χ3n) is 4.51. The maximum Gasteiger partial charge on any atom is 0.254 e. The summed E-state index contributed by atoms with van der Waals surface area (Å²) in [7, 11) is 1.64. The average molecular weight is 369 g/mol. The number of anilines is 2. The molecule has 0 spiro atoms. The van der Waals surface area contributed by atoms with Crippen LogP contribution >= 0.6 is 0 Å². The first-order chi connectivity index (χ1) is 13.2. The molecule has 3 heterocycles. The van der Waals surface area contributed by atoms with Crippen LogP contribution in [-0.4, -0.2) is 46.0 Å². The number of nitrogens with zero attached hydrogens (tertiary/aromatic N) is 4. The summed E-state index contributed by atoms with van der Waals surface area (Å²) >= 11 is 0. The Kier molecular flexibility index (Phi) is 5.17. The molecule has 8 nitrogen and oxygen atoms in total. The van der Waals surface area contributed by atoms with Gasteiger partial charge in [0.25, 0.3) is 5.78 Å². The van der Waals surface area contributed by atoms with Crippen LogP contribution in [0.2, 0.25) is 0 Å². The predicted molar refractivity (Wildman–Crippen MR) is 100 cm³/mol. The Labute approximate surface area is 157 Å². The summed E-state index contributed by atoms with van der Waals surface area (Å²) in [6, 6.07) is 7.98. The van der Waals surface area contributed by atoms with Crippen molar-refractivity contribution in [1.29, 1.82) is 0 Å². The third-order valence-corrected chi connectivity index (χ3v) is 4.51. The Hall–Kier alpha value is -2.71. The topological polar surface area (TPSA) is 82.8 Å². The SMILES string of the molecule is COCc1cc(Nc2ccc(OC3CCOCC3)c(C)c2)n2ncnc2n1. The fourth-order valence-corrected chi connectivity index (χ4v) is 3.15. The molecule has 8 heteroatoms. The van der Waals surface area contributed by atoms with Gasteiger partial charge in [0, 0.05) is 31.7 Å². The Morgan fingerprint density at radius 3 is 2.89 bits per heavy atom. The van der Waals surface area contributed by atoms with Gasteiger partial charge in [0.2, 0.25) is 0 Å². The molecule has 4 rings (SSSR count). The Balaban J connectivity index is 1.55. The van der Waals surface area contributed by atoms with Crippen LogP contribution in [0.25, 0.3) is 5.78 Å². The second-order valence-corrected chi connectivity index (χ2v) is 6.57. The van der Waals surface area contributed by atoms with Crippen LogP contribution in [0.3, 0.4) is 0 Å². The standard InChI is InChI=1S/C19H23N5O3/c1-13-9-14(3-4-17(13)27-16-5-7-26-8-6-16)22-18-10-15(11-25-2)23-19-20-12-21-24(18)19/h3-4,9-10,12,16,22H,5-8,11H2,1-2H3. The molecule has 27 heavy (non-hydrogen) atoms. The van der Waals surface area contributed by atoms with Gasteiger partial charge in [-0.15, -0.1) is 0 Å². The number of aromatic nitrogens is 4. The zero-order chi connectivity index (χ0) is 18.6. The van der Waals surface area contributed by atoms with E-state index < -0.39 is 0 Å². The van der Waals surface area contributed by atoms with E-state index in [0.29, 0.717) is 12.4 Å². The van der Waals surface area contributed by atoms with Gasteiger partial charge in [-0.2, -0.15) is 14.6 Å². The van der Waals surface area contributed by atoms with Gasteiger partial charge in [0.15, 0.2) is 0 Å². The van der Waals surface area contributed by atoms with Crippen LogP contribution in [0, 0.1) is 6.92 Å². The molecular weight excluding hydrogens is 346 g/mol.